The first kappa shape index (κ1) is 32.4. The Kier molecular flexibility index (Phi) is 8.53. The Bertz CT molecular complexity index is 1340. The lowest BCUT2D eigenvalue weighted by atomic mass is 9.54. The third kappa shape index (κ3) is 4.86. The summed E-state index contributed by atoms with van der Waals surface area (Å²) in [5.41, 5.74) is -1.88. The highest BCUT2D eigenvalue weighted by atomic mass is 35.5. The molecule has 4 rings (SSSR count). The summed E-state index contributed by atoms with van der Waals surface area (Å²) in [7, 11) is -1.79. The van der Waals surface area contributed by atoms with Gasteiger partial charge in [-0.15, -0.1) is 12.4 Å². The van der Waals surface area contributed by atoms with Crippen LogP contribution in [0.3, 0.4) is 0 Å². The molecule has 15 nitrogen and oxygen atoms in total. The minimum atomic E-state index is -4.64. The maximum absolute atomic E-state index is 13.3. The average Bonchev–Trinajstić information content (AvgIpc) is 2.75. The molecule has 17 heteroatoms. The molecule has 0 fully saturated rings. The van der Waals surface area contributed by atoms with E-state index < -0.39 is 88.9 Å². The second-order valence-corrected chi connectivity index (χ2v) is 10.6. The Labute approximate surface area is 226 Å². The number of nitrogens with two attached hydrogens (primary N) is 1. The van der Waals surface area contributed by atoms with Crippen molar-refractivity contribution in [2.45, 2.75) is 30.3 Å². The van der Waals surface area contributed by atoms with Crippen molar-refractivity contribution in [2.75, 3.05) is 14.1 Å². The predicted octanol–water partition coefficient (Wildman–Crippen LogP) is -1.75. The molecule has 0 saturated heterocycles. The molecule has 1 aromatic carbocycles. The maximum atomic E-state index is 13.3. The van der Waals surface area contributed by atoms with E-state index in [-0.39, 0.29) is 23.5 Å². The summed E-state index contributed by atoms with van der Waals surface area (Å²) in [4.78, 5) is 61.4. The number of halogens is 1. The van der Waals surface area contributed by atoms with Gasteiger partial charge in [-0.05, 0) is 32.6 Å². The van der Waals surface area contributed by atoms with Crippen LogP contribution in [0.1, 0.15) is 22.8 Å². The Morgan fingerprint density at radius 2 is 1.59 bits per heavy atom. The number of phenolic OH excluding ortho intramolecular Hbond substituents is 1. The van der Waals surface area contributed by atoms with E-state index in [9.17, 15) is 45.0 Å². The number of carbonyl (C=O) groups excluding carboxylic acids is 3. The van der Waals surface area contributed by atoms with Crippen LogP contribution in [-0.2, 0) is 19.8 Å². The number of rotatable bonds is 2. The average molecular weight is 595 g/mol. The van der Waals surface area contributed by atoms with Crippen LogP contribution in [0, 0.1) is 11.8 Å². The minimum absolute atomic E-state index is 0. The summed E-state index contributed by atoms with van der Waals surface area (Å²) in [6, 6.07) is 2.54. The zero-order chi connectivity index (χ0) is 29.3. The van der Waals surface area contributed by atoms with Crippen LogP contribution < -0.4 is 5.73 Å². The molecule has 1 amide bonds. The lowest BCUT2D eigenvalue weighted by Gasteiger charge is -2.55. The minimum Gasteiger partial charge on any atom is -0.510 e. The van der Waals surface area contributed by atoms with Crippen molar-refractivity contribution in [2.24, 2.45) is 17.6 Å². The third-order valence-corrected chi connectivity index (χ3v) is 7.04. The van der Waals surface area contributed by atoms with Gasteiger partial charge in [-0.1, -0.05) is 12.1 Å². The molecule has 1 aromatic rings. The van der Waals surface area contributed by atoms with Gasteiger partial charge in [-0.3, -0.25) is 19.3 Å². The first-order chi connectivity index (χ1) is 17.2. The molecule has 0 aliphatic heterocycles. The number of ketones is 2. The monoisotopic (exact) mass is 594 g/mol. The van der Waals surface area contributed by atoms with Crippen LogP contribution >= 0.6 is 20.2 Å². The van der Waals surface area contributed by atoms with Crippen molar-refractivity contribution in [1.29, 1.82) is 0 Å². The number of phenols is 1. The summed E-state index contributed by atoms with van der Waals surface area (Å²) in [5, 5.41) is 66.5. The van der Waals surface area contributed by atoms with Crippen LogP contribution in [0.25, 0.3) is 0 Å². The molecule has 0 heterocycles. The number of aliphatic hydroxyl groups excluding tert-OH is 3. The zero-order valence-electron chi connectivity index (χ0n) is 20.6. The molecule has 3 aliphatic rings. The van der Waals surface area contributed by atoms with Crippen molar-refractivity contribution in [3.05, 3.63) is 52.0 Å². The summed E-state index contributed by atoms with van der Waals surface area (Å²) >= 11 is 0. The number of aliphatic hydroxyl groups is 5. The highest BCUT2D eigenvalue weighted by Crippen LogP contribution is 2.56. The Morgan fingerprint density at radius 1 is 1.08 bits per heavy atom. The second kappa shape index (κ2) is 10.3. The van der Waals surface area contributed by atoms with Gasteiger partial charge in [0.15, 0.2) is 11.4 Å². The Hall–Kier alpha value is -2.85. The van der Waals surface area contributed by atoms with Gasteiger partial charge in [0.1, 0.15) is 22.8 Å². The van der Waals surface area contributed by atoms with Gasteiger partial charge < -0.3 is 51.1 Å². The third-order valence-electron chi connectivity index (χ3n) is 7.04. The highest BCUT2D eigenvalue weighted by Gasteiger charge is 2.69. The fraction of sp³-hybridized carbons (Fsp3) is 0.409. The number of benzene rings is 1. The van der Waals surface area contributed by atoms with Crippen molar-refractivity contribution in [3.8, 4) is 5.75 Å². The van der Waals surface area contributed by atoms with Crippen molar-refractivity contribution >= 4 is 37.7 Å². The molecule has 0 spiro atoms. The Morgan fingerprint density at radius 3 is 2.05 bits per heavy atom. The first-order valence-corrected chi connectivity index (χ1v) is 12.4. The van der Waals surface area contributed by atoms with E-state index in [4.69, 9.17) is 25.0 Å². The van der Waals surface area contributed by atoms with E-state index in [1.165, 1.54) is 44.1 Å². The van der Waals surface area contributed by atoms with E-state index in [1.54, 1.807) is 0 Å². The standard InChI is InChI=1S/C22H24N2O9.ClH.H3O4P/c1-21(32)7-5-4-6-8(25)9(7)15(26)10-12(21)17(28)13-14(24(2)3)16(27)11(20(23)31)19(30)22(13,33)18(10)29;;1-5(2,3)4/h4-6,12-14,17,25,27-29,32-33H,1-3H3,(H2,23,31);1H;(H3,1,2,3,4). The number of likely N-dealkylation sites (N-methyl/N-ethyl adjacent to an activating group) is 1. The molecule has 0 radical (unpaired) electrons. The number of fused-ring (bicyclic) bond motifs is 3. The zero-order valence-corrected chi connectivity index (χ0v) is 22.3. The number of Topliss-reactive ketones (excluding diaryl/α,β-unsaturated/α-hetero) is 2. The largest absolute Gasteiger partial charge is 0.510 e. The van der Waals surface area contributed by atoms with Crippen LogP contribution in [0.5, 0.6) is 5.75 Å². The van der Waals surface area contributed by atoms with Gasteiger partial charge in [0, 0.05) is 0 Å². The molecule has 3 aliphatic carbocycles. The summed E-state index contributed by atoms with van der Waals surface area (Å²) < 4.78 is 8.88. The number of aromatic hydroxyl groups is 1. The molecule has 39 heavy (non-hydrogen) atoms. The van der Waals surface area contributed by atoms with Gasteiger partial charge in [0.2, 0.25) is 5.78 Å². The Balaban J connectivity index is 0.000000816. The summed E-state index contributed by atoms with van der Waals surface area (Å²) in [6.07, 6.45) is -1.87. The molecular weight excluding hydrogens is 567 g/mol. The van der Waals surface area contributed by atoms with E-state index in [2.05, 4.69) is 0 Å². The van der Waals surface area contributed by atoms with Gasteiger partial charge in [0.05, 0.1) is 40.7 Å². The lowest BCUT2D eigenvalue weighted by molar-refractivity contribution is -0.173. The van der Waals surface area contributed by atoms with Crippen LogP contribution in [0.2, 0.25) is 0 Å². The first-order valence-electron chi connectivity index (χ1n) is 10.9. The van der Waals surface area contributed by atoms with Crippen LogP contribution in [-0.4, -0.2) is 99.5 Å². The van der Waals surface area contributed by atoms with E-state index >= 15 is 0 Å². The van der Waals surface area contributed by atoms with E-state index in [0.717, 1.165) is 0 Å². The smallest absolute Gasteiger partial charge is 0.466 e. The summed E-state index contributed by atoms with van der Waals surface area (Å²) in [5.74, 6) is -9.66. The molecule has 0 bridgehead atoms. The molecule has 216 valence electrons. The molecule has 0 saturated carbocycles. The van der Waals surface area contributed by atoms with E-state index in [1.807, 2.05) is 0 Å². The fourth-order valence-electron chi connectivity index (χ4n) is 5.60. The van der Waals surface area contributed by atoms with Gasteiger partial charge >= 0.3 is 7.82 Å². The number of hydrogen-bond acceptors (Lipinski definition) is 11. The van der Waals surface area contributed by atoms with Crippen LogP contribution in [0.4, 0.5) is 0 Å². The number of nitrogens with zero attached hydrogens (tertiary/aromatic N) is 1. The van der Waals surface area contributed by atoms with Gasteiger partial charge in [-0.2, -0.15) is 0 Å². The maximum Gasteiger partial charge on any atom is 0.466 e. The van der Waals surface area contributed by atoms with Gasteiger partial charge in [-0.25, -0.2) is 4.57 Å². The number of hydrogen-bond donors (Lipinski definition) is 10. The van der Waals surface area contributed by atoms with Crippen LogP contribution in [0.15, 0.2) is 40.9 Å². The number of primary amides is 1. The second-order valence-electron chi connectivity index (χ2n) is 9.57. The van der Waals surface area contributed by atoms with E-state index in [0.29, 0.717) is 0 Å². The van der Waals surface area contributed by atoms with Crippen molar-refractivity contribution < 1.29 is 64.3 Å². The lowest BCUT2D eigenvalue weighted by Crippen LogP contribution is -2.70. The molecular formula is C22H28ClN2O13P. The quantitative estimate of drug-likeness (QED) is 0.134. The molecule has 6 unspecified atom stereocenters. The topological polar surface area (TPSA) is 280 Å². The summed E-state index contributed by atoms with van der Waals surface area (Å²) in [6.45, 7) is 1.25. The highest BCUT2D eigenvalue weighted by molar-refractivity contribution is 7.45. The normalized spacial score (nSPS) is 31.9. The molecule has 6 atom stereocenters. The van der Waals surface area contributed by atoms with Crippen molar-refractivity contribution in [3.63, 3.8) is 0 Å². The fourth-order valence-corrected chi connectivity index (χ4v) is 5.60. The van der Waals surface area contributed by atoms with Gasteiger partial charge in [0.25, 0.3) is 5.91 Å². The number of amides is 1. The molecule has 0 aromatic heterocycles. The number of carbonyl (C=O) groups is 3. The van der Waals surface area contributed by atoms with Crippen molar-refractivity contribution in [1.82, 2.24) is 4.90 Å². The SMILES string of the molecule is CN(C)C1C(O)=C(C(N)=O)C(=O)C2(O)C(O)=C3C(=O)c4c(O)cccc4C(C)(O)C3C(O)C12.Cl.O=P(O)(O)O. The predicted molar refractivity (Wildman–Crippen MR) is 132 cm³/mol. The number of phosphoric acid groups is 1. The molecule has 11 N–H and O–H groups in total.